The monoisotopic (exact) mass is 328 g/mol. The number of nitrogens with zero attached hydrogens (tertiary/aromatic N) is 1. The fourth-order valence-electron chi connectivity index (χ4n) is 2.08. The van der Waals surface area contributed by atoms with Crippen LogP contribution in [0.2, 0.25) is 0 Å². The molecule has 0 rings (SSSR count). The van der Waals surface area contributed by atoms with Gasteiger partial charge in [0.1, 0.15) is 12.0 Å². The number of ether oxygens (including phenoxy) is 2. The van der Waals surface area contributed by atoms with Crippen LogP contribution in [-0.2, 0) is 9.47 Å². The first-order valence-electron chi connectivity index (χ1n) is 8.88. The lowest BCUT2D eigenvalue weighted by Gasteiger charge is -2.28. The highest BCUT2D eigenvalue weighted by atomic mass is 16.5. The Balaban J connectivity index is 0. The zero-order valence-electron chi connectivity index (χ0n) is 17.3. The topological polar surface area (TPSA) is 33.7 Å². The molecule has 138 valence electrons. The van der Waals surface area contributed by atoms with E-state index in [9.17, 15) is 0 Å². The van der Waals surface area contributed by atoms with E-state index in [0.717, 1.165) is 5.76 Å². The maximum absolute atomic E-state index is 5.99. The summed E-state index contributed by atoms with van der Waals surface area (Å²) < 4.78 is 11.6. The largest absolute Gasteiger partial charge is 0.495 e. The smallest absolute Gasteiger partial charge is 0.140 e. The van der Waals surface area contributed by atoms with E-state index < -0.39 is 0 Å². The lowest BCUT2D eigenvalue weighted by Crippen LogP contribution is -2.39. The first kappa shape index (κ1) is 24.3. The number of allylic oxidation sites excluding steroid dienone is 3. The lowest BCUT2D eigenvalue weighted by atomic mass is 10.0. The number of hydrogen-bond donors (Lipinski definition) is 1. The van der Waals surface area contributed by atoms with Crippen molar-refractivity contribution in [2.75, 3.05) is 13.7 Å². The molecule has 0 aromatic rings. The van der Waals surface area contributed by atoms with Crippen LogP contribution < -0.4 is 5.43 Å². The highest BCUT2D eigenvalue weighted by Crippen LogP contribution is 2.23. The summed E-state index contributed by atoms with van der Waals surface area (Å²) in [5, 5.41) is 1.97. The maximum Gasteiger partial charge on any atom is 0.140 e. The molecule has 1 unspecified atom stereocenters. The first-order chi connectivity index (χ1) is 10.7. The molecule has 0 saturated carbocycles. The van der Waals surface area contributed by atoms with E-state index in [2.05, 4.69) is 53.2 Å². The zero-order valence-corrected chi connectivity index (χ0v) is 17.3. The average Bonchev–Trinajstić information content (AvgIpc) is 2.50. The zero-order chi connectivity index (χ0) is 18.6. The van der Waals surface area contributed by atoms with Gasteiger partial charge in [-0.25, -0.2) is 5.43 Å². The first-order valence-corrected chi connectivity index (χ1v) is 8.88. The Labute approximate surface area is 144 Å². The Morgan fingerprint density at radius 2 is 1.61 bits per heavy atom. The van der Waals surface area contributed by atoms with Gasteiger partial charge in [-0.3, -0.25) is 5.01 Å². The van der Waals surface area contributed by atoms with Gasteiger partial charge in [-0.15, -0.1) is 0 Å². The van der Waals surface area contributed by atoms with Gasteiger partial charge in [0.15, 0.2) is 0 Å². The normalized spacial score (nSPS) is 14.2. The van der Waals surface area contributed by atoms with Crippen molar-refractivity contribution >= 4 is 0 Å². The molecule has 0 bridgehead atoms. The van der Waals surface area contributed by atoms with Gasteiger partial charge in [-0.2, -0.15) is 0 Å². The number of hydrazine groups is 1. The molecule has 0 aliphatic rings. The number of hydrogen-bond acceptors (Lipinski definition) is 4. The summed E-state index contributed by atoms with van der Waals surface area (Å²) in [6, 6.07) is 0. The van der Waals surface area contributed by atoms with Crippen molar-refractivity contribution in [2.45, 2.75) is 81.6 Å². The second kappa shape index (κ2) is 13.4. The van der Waals surface area contributed by atoms with Crippen LogP contribution in [0.1, 0.15) is 69.2 Å². The summed E-state index contributed by atoms with van der Waals surface area (Å²) in [7, 11) is 1.90. The molecule has 1 atom stereocenters. The van der Waals surface area contributed by atoms with Gasteiger partial charge in [0.2, 0.25) is 0 Å². The van der Waals surface area contributed by atoms with Crippen LogP contribution in [0, 0.1) is 5.92 Å². The minimum Gasteiger partial charge on any atom is -0.495 e. The predicted molar refractivity (Wildman–Crippen MR) is 101 cm³/mol. The van der Waals surface area contributed by atoms with Crippen LogP contribution >= 0.6 is 0 Å². The van der Waals surface area contributed by atoms with E-state index in [0.29, 0.717) is 12.5 Å². The molecule has 0 aliphatic heterocycles. The Hall–Kier alpha value is -1.00. The van der Waals surface area contributed by atoms with E-state index in [1.54, 1.807) is 0 Å². The van der Waals surface area contributed by atoms with Crippen LogP contribution in [-0.4, -0.2) is 31.0 Å². The van der Waals surface area contributed by atoms with E-state index in [1.165, 1.54) is 11.1 Å². The van der Waals surface area contributed by atoms with E-state index >= 15 is 0 Å². The molecular formula is C19H40N2O2. The molecule has 23 heavy (non-hydrogen) atoms. The van der Waals surface area contributed by atoms with Gasteiger partial charge in [-0.05, 0) is 52.7 Å². The van der Waals surface area contributed by atoms with E-state index in [4.69, 9.17) is 9.47 Å². The number of rotatable bonds is 9. The minimum absolute atomic E-state index is 0.0173. The molecule has 4 heteroatoms. The molecule has 4 nitrogen and oxygen atoms in total. The minimum atomic E-state index is -0.0173. The van der Waals surface area contributed by atoms with Gasteiger partial charge < -0.3 is 9.47 Å². The molecule has 0 saturated heterocycles. The Kier molecular flexibility index (Phi) is 14.2. The molecule has 0 heterocycles. The van der Waals surface area contributed by atoms with Crippen LogP contribution in [0.3, 0.4) is 0 Å². The third-order valence-electron chi connectivity index (χ3n) is 3.24. The lowest BCUT2D eigenvalue weighted by molar-refractivity contribution is -0.0374. The van der Waals surface area contributed by atoms with Gasteiger partial charge in [-0.1, -0.05) is 27.7 Å². The predicted octanol–water partition coefficient (Wildman–Crippen LogP) is 5.09. The fraction of sp³-hybridized carbons (Fsp3) is 0.789. The van der Waals surface area contributed by atoms with E-state index in [1.807, 2.05) is 39.8 Å². The molecule has 0 amide bonds. The summed E-state index contributed by atoms with van der Waals surface area (Å²) in [4.78, 5) is 0. The van der Waals surface area contributed by atoms with Gasteiger partial charge in [0.05, 0.1) is 6.10 Å². The SMILES string of the molecule is CC.CCOC(C)N(/C=C(C)/C(C)=C(\OC(C)C)C(C)C)NC. The third kappa shape index (κ3) is 9.67. The maximum atomic E-state index is 5.99. The van der Waals surface area contributed by atoms with Crippen molar-refractivity contribution in [1.82, 2.24) is 10.4 Å². The summed E-state index contributed by atoms with van der Waals surface area (Å²) in [6.07, 6.45) is 2.24. The van der Waals surface area contributed by atoms with Crippen molar-refractivity contribution < 1.29 is 9.47 Å². The van der Waals surface area contributed by atoms with Crippen molar-refractivity contribution in [3.63, 3.8) is 0 Å². The van der Waals surface area contributed by atoms with Crippen molar-refractivity contribution in [2.24, 2.45) is 5.92 Å². The molecule has 0 aromatic heterocycles. The molecule has 0 aromatic carbocycles. The van der Waals surface area contributed by atoms with Crippen LogP contribution in [0.15, 0.2) is 23.1 Å². The average molecular weight is 329 g/mol. The second-order valence-corrected chi connectivity index (χ2v) is 5.81. The fourth-order valence-corrected chi connectivity index (χ4v) is 2.08. The van der Waals surface area contributed by atoms with Gasteiger partial charge >= 0.3 is 0 Å². The summed E-state index contributed by atoms with van der Waals surface area (Å²) in [6.45, 7) is 21.4. The van der Waals surface area contributed by atoms with Crippen LogP contribution in [0.25, 0.3) is 0 Å². The van der Waals surface area contributed by atoms with Crippen LogP contribution in [0.5, 0.6) is 0 Å². The van der Waals surface area contributed by atoms with Gasteiger partial charge in [0.25, 0.3) is 0 Å². The van der Waals surface area contributed by atoms with Gasteiger partial charge in [0, 0.05) is 25.8 Å². The Morgan fingerprint density at radius 3 is 1.96 bits per heavy atom. The summed E-state index contributed by atoms with van der Waals surface area (Å²) in [5.41, 5.74) is 5.50. The van der Waals surface area contributed by atoms with Crippen molar-refractivity contribution in [3.8, 4) is 0 Å². The van der Waals surface area contributed by atoms with Crippen LogP contribution in [0.4, 0.5) is 0 Å². The Morgan fingerprint density at radius 1 is 1.09 bits per heavy atom. The molecule has 1 N–H and O–H groups in total. The Bertz CT molecular complexity index is 360. The summed E-state index contributed by atoms with van der Waals surface area (Å²) >= 11 is 0. The molecule has 0 radical (unpaired) electrons. The molecule has 0 fully saturated rings. The highest BCUT2D eigenvalue weighted by Gasteiger charge is 2.14. The summed E-state index contributed by atoms with van der Waals surface area (Å²) in [5.74, 6) is 1.42. The molecular weight excluding hydrogens is 288 g/mol. The number of nitrogens with one attached hydrogen (secondary N) is 1. The third-order valence-corrected chi connectivity index (χ3v) is 3.24. The highest BCUT2D eigenvalue weighted by molar-refractivity contribution is 5.30. The van der Waals surface area contributed by atoms with Crippen molar-refractivity contribution in [1.29, 1.82) is 0 Å². The quantitative estimate of drug-likeness (QED) is 0.277. The van der Waals surface area contributed by atoms with Crippen molar-refractivity contribution in [3.05, 3.63) is 23.1 Å². The molecule has 0 aliphatic carbocycles. The second-order valence-electron chi connectivity index (χ2n) is 5.81. The van der Waals surface area contributed by atoms with E-state index in [-0.39, 0.29) is 12.3 Å². The molecule has 0 spiro atoms. The standard InChI is InChI=1S/C17H34N2O2.C2H6/c1-10-20-16(8)19(18-9)11-14(6)15(7)17(12(2)3)21-13(4)5;1-2/h11-13,16,18H,10H2,1-9H3;1-2H3/b14-11+,17-15-;.